The molecule has 90 valence electrons. The third kappa shape index (κ3) is 2.76. The number of hydrogen-bond donors (Lipinski definition) is 0. The summed E-state index contributed by atoms with van der Waals surface area (Å²) in [6.45, 7) is 7.51. The van der Waals surface area contributed by atoms with E-state index in [-0.39, 0.29) is 0 Å². The van der Waals surface area contributed by atoms with Gasteiger partial charge in [-0.25, -0.2) is 0 Å². The molecule has 0 saturated carbocycles. The van der Waals surface area contributed by atoms with Gasteiger partial charge in [-0.1, -0.05) is 0 Å². The fourth-order valence-corrected chi connectivity index (χ4v) is 1.95. The lowest BCUT2D eigenvalue weighted by atomic mass is 9.97. The normalized spacial score (nSPS) is 11.7. The summed E-state index contributed by atoms with van der Waals surface area (Å²) in [7, 11) is 8.36. The van der Waals surface area contributed by atoms with Crippen molar-refractivity contribution < 1.29 is 9.22 Å². The van der Waals surface area contributed by atoms with Crippen LogP contribution in [0.4, 0.5) is 0 Å². The summed E-state index contributed by atoms with van der Waals surface area (Å²) in [5.41, 5.74) is 5.38. The number of nitrogens with zero attached hydrogens (tertiary/aromatic N) is 1. The topological polar surface area (TPSA) is 9.23 Å². The van der Waals surface area contributed by atoms with Gasteiger partial charge in [0.15, 0.2) is 0 Å². The molecule has 0 amide bonds. The Morgan fingerprint density at radius 1 is 1.06 bits per heavy atom. The molecule has 0 atom stereocenters. The fraction of sp³-hybridized carbons (Fsp3) is 0.571. The Balaban J connectivity index is 3.30. The third-order valence-electron chi connectivity index (χ3n) is 3.10. The molecular weight excluding hydrogens is 198 g/mol. The molecule has 0 bridgehead atoms. The second-order valence-electron chi connectivity index (χ2n) is 5.57. The molecule has 0 spiro atoms. The van der Waals surface area contributed by atoms with Crippen LogP contribution < -0.4 is 4.74 Å². The van der Waals surface area contributed by atoms with Crippen molar-refractivity contribution in [1.82, 2.24) is 0 Å². The average molecular weight is 222 g/mol. The van der Waals surface area contributed by atoms with Crippen LogP contribution in [0.2, 0.25) is 0 Å². The maximum Gasteiger partial charge on any atom is 0.128 e. The Labute approximate surface area is 99.4 Å². The van der Waals surface area contributed by atoms with Crippen LogP contribution in [0, 0.1) is 20.8 Å². The molecule has 1 rings (SSSR count). The molecule has 2 heteroatoms. The molecule has 0 N–H and O–H groups in total. The number of hydrogen-bond acceptors (Lipinski definition) is 1. The van der Waals surface area contributed by atoms with Crippen LogP contribution in [0.3, 0.4) is 0 Å². The Kier molecular flexibility index (Phi) is 3.64. The summed E-state index contributed by atoms with van der Waals surface area (Å²) in [5.74, 6) is 1.02. The van der Waals surface area contributed by atoms with Crippen LogP contribution in [-0.2, 0) is 6.54 Å². The van der Waals surface area contributed by atoms with Crippen LogP contribution in [-0.4, -0.2) is 32.7 Å². The second-order valence-corrected chi connectivity index (χ2v) is 5.57. The van der Waals surface area contributed by atoms with Gasteiger partial charge in [0.05, 0.1) is 33.8 Å². The van der Waals surface area contributed by atoms with E-state index in [4.69, 9.17) is 4.74 Å². The molecule has 1 aromatic carbocycles. The standard InChI is InChI=1S/C14H24NO/c1-10-8-14(16-7)13(9-15(4,5)6)12(3)11(10)2/h8H,9H2,1-7H3/q+1. The van der Waals surface area contributed by atoms with Crippen molar-refractivity contribution in [2.75, 3.05) is 28.3 Å². The van der Waals surface area contributed by atoms with Crippen molar-refractivity contribution in [1.29, 1.82) is 0 Å². The number of rotatable bonds is 3. The molecule has 2 nitrogen and oxygen atoms in total. The highest BCUT2D eigenvalue weighted by Crippen LogP contribution is 2.29. The van der Waals surface area contributed by atoms with Crippen molar-refractivity contribution in [2.45, 2.75) is 27.3 Å². The van der Waals surface area contributed by atoms with Gasteiger partial charge in [0, 0.05) is 0 Å². The molecule has 0 aliphatic heterocycles. The van der Waals surface area contributed by atoms with Crippen LogP contribution >= 0.6 is 0 Å². The highest BCUT2D eigenvalue weighted by Gasteiger charge is 2.17. The first-order valence-electron chi connectivity index (χ1n) is 5.70. The Morgan fingerprint density at radius 3 is 2.06 bits per heavy atom. The lowest BCUT2D eigenvalue weighted by Crippen LogP contribution is -2.34. The van der Waals surface area contributed by atoms with Gasteiger partial charge in [-0.15, -0.1) is 0 Å². The van der Waals surface area contributed by atoms with Gasteiger partial charge in [0.25, 0.3) is 0 Å². The smallest absolute Gasteiger partial charge is 0.128 e. The summed E-state index contributed by atoms with van der Waals surface area (Å²) in [6, 6.07) is 2.15. The minimum absolute atomic E-state index is 0.916. The van der Waals surface area contributed by atoms with Crippen molar-refractivity contribution in [2.24, 2.45) is 0 Å². The molecule has 0 fully saturated rings. The minimum Gasteiger partial charge on any atom is -0.496 e. The summed E-state index contributed by atoms with van der Waals surface area (Å²) >= 11 is 0. The summed E-state index contributed by atoms with van der Waals surface area (Å²) in [4.78, 5) is 0. The van der Waals surface area contributed by atoms with Gasteiger partial charge >= 0.3 is 0 Å². The van der Waals surface area contributed by atoms with E-state index >= 15 is 0 Å². The monoisotopic (exact) mass is 222 g/mol. The van der Waals surface area contributed by atoms with E-state index in [2.05, 4.69) is 48.0 Å². The van der Waals surface area contributed by atoms with Gasteiger partial charge < -0.3 is 9.22 Å². The Hall–Kier alpha value is -1.02. The van der Waals surface area contributed by atoms with Crippen LogP contribution in [0.25, 0.3) is 0 Å². The highest BCUT2D eigenvalue weighted by atomic mass is 16.5. The second kappa shape index (κ2) is 4.46. The predicted molar refractivity (Wildman–Crippen MR) is 68.9 cm³/mol. The van der Waals surface area contributed by atoms with Crippen LogP contribution in [0.1, 0.15) is 22.3 Å². The molecule has 0 heterocycles. The average Bonchev–Trinajstić information content (AvgIpc) is 2.17. The quantitative estimate of drug-likeness (QED) is 0.715. The largest absolute Gasteiger partial charge is 0.496 e. The maximum atomic E-state index is 5.50. The summed E-state index contributed by atoms with van der Waals surface area (Å²) < 4.78 is 6.41. The van der Waals surface area contributed by atoms with Gasteiger partial charge in [-0.3, -0.25) is 0 Å². The first-order chi connectivity index (χ1) is 7.26. The summed E-state index contributed by atoms with van der Waals surface area (Å²) in [5, 5.41) is 0. The number of quaternary nitrogens is 1. The van der Waals surface area contributed by atoms with E-state index in [1.165, 1.54) is 22.3 Å². The van der Waals surface area contributed by atoms with E-state index in [1.807, 2.05) is 0 Å². The van der Waals surface area contributed by atoms with Crippen molar-refractivity contribution in [3.8, 4) is 5.75 Å². The van der Waals surface area contributed by atoms with Gasteiger partial charge in [0.2, 0.25) is 0 Å². The Morgan fingerprint density at radius 2 is 1.62 bits per heavy atom. The highest BCUT2D eigenvalue weighted by molar-refractivity contribution is 5.47. The Bertz CT molecular complexity index is 389. The zero-order valence-electron chi connectivity index (χ0n) is 11.6. The van der Waals surface area contributed by atoms with Crippen LogP contribution in [0.5, 0.6) is 5.75 Å². The molecule has 0 aliphatic carbocycles. The molecule has 0 aromatic heterocycles. The van der Waals surface area contributed by atoms with Crippen molar-refractivity contribution in [3.05, 3.63) is 28.3 Å². The number of methoxy groups -OCH3 is 1. The van der Waals surface area contributed by atoms with E-state index in [1.54, 1.807) is 7.11 Å². The summed E-state index contributed by atoms with van der Waals surface area (Å²) in [6.07, 6.45) is 0. The van der Waals surface area contributed by atoms with E-state index in [0.717, 1.165) is 16.8 Å². The molecule has 0 saturated heterocycles. The van der Waals surface area contributed by atoms with E-state index in [0.29, 0.717) is 0 Å². The van der Waals surface area contributed by atoms with Crippen molar-refractivity contribution in [3.63, 3.8) is 0 Å². The molecule has 0 radical (unpaired) electrons. The van der Waals surface area contributed by atoms with Gasteiger partial charge in [-0.2, -0.15) is 0 Å². The first kappa shape index (κ1) is 13.0. The van der Waals surface area contributed by atoms with Crippen molar-refractivity contribution >= 4 is 0 Å². The fourth-order valence-electron chi connectivity index (χ4n) is 1.95. The molecule has 0 unspecified atom stereocenters. The van der Waals surface area contributed by atoms with E-state index < -0.39 is 0 Å². The number of ether oxygens (including phenoxy) is 1. The number of benzene rings is 1. The lowest BCUT2D eigenvalue weighted by Gasteiger charge is -2.27. The predicted octanol–water partition coefficient (Wildman–Crippen LogP) is 2.83. The zero-order chi connectivity index (χ0) is 12.5. The third-order valence-corrected chi connectivity index (χ3v) is 3.10. The molecule has 0 aliphatic rings. The first-order valence-corrected chi connectivity index (χ1v) is 5.70. The van der Waals surface area contributed by atoms with Gasteiger partial charge in [0.1, 0.15) is 12.3 Å². The SMILES string of the molecule is COc1cc(C)c(C)c(C)c1C[N+](C)(C)C. The van der Waals surface area contributed by atoms with Gasteiger partial charge in [-0.05, 0) is 43.5 Å². The molecular formula is C14H24NO+. The van der Waals surface area contributed by atoms with Crippen LogP contribution in [0.15, 0.2) is 6.07 Å². The zero-order valence-corrected chi connectivity index (χ0v) is 11.6. The minimum atomic E-state index is 0.916. The van der Waals surface area contributed by atoms with E-state index in [9.17, 15) is 0 Å². The lowest BCUT2D eigenvalue weighted by molar-refractivity contribution is -0.884. The number of aryl methyl sites for hydroxylation is 1. The molecule has 16 heavy (non-hydrogen) atoms. The maximum absolute atomic E-state index is 5.50. The molecule has 1 aromatic rings.